The van der Waals surface area contributed by atoms with Gasteiger partial charge in [-0.3, -0.25) is 4.79 Å². The lowest BCUT2D eigenvalue weighted by molar-refractivity contribution is -0.118. The van der Waals surface area contributed by atoms with Crippen LogP contribution in [0.3, 0.4) is 0 Å². The van der Waals surface area contributed by atoms with Crippen LogP contribution >= 0.6 is 0 Å². The van der Waals surface area contributed by atoms with Gasteiger partial charge in [0.2, 0.25) is 15.9 Å². The number of sulfonamides is 1. The zero-order valence-electron chi connectivity index (χ0n) is 21.8. The van der Waals surface area contributed by atoms with E-state index in [1.807, 2.05) is 36.5 Å². The maximum atomic E-state index is 12.9. The topological polar surface area (TPSA) is 121 Å². The third-order valence-electron chi connectivity index (χ3n) is 6.79. The van der Waals surface area contributed by atoms with Crippen LogP contribution in [0.1, 0.15) is 25.3 Å². The first-order chi connectivity index (χ1) is 18.9. The van der Waals surface area contributed by atoms with Gasteiger partial charge in [-0.05, 0) is 48.7 Å². The molecule has 39 heavy (non-hydrogen) atoms. The zero-order valence-corrected chi connectivity index (χ0v) is 22.6. The number of anilines is 2. The van der Waals surface area contributed by atoms with Gasteiger partial charge in [-0.2, -0.15) is 4.31 Å². The van der Waals surface area contributed by atoms with E-state index in [1.54, 1.807) is 28.6 Å². The third kappa shape index (κ3) is 6.27. The molecule has 204 valence electrons. The lowest BCUT2D eigenvalue weighted by Crippen LogP contribution is -2.40. The van der Waals surface area contributed by atoms with Crippen LogP contribution in [0, 0.1) is 0 Å². The van der Waals surface area contributed by atoms with E-state index in [0.29, 0.717) is 50.5 Å². The molecule has 4 aromatic rings. The lowest BCUT2D eigenvalue weighted by atomic mass is 10.1. The molecule has 0 spiro atoms. The Hall–Kier alpha value is -3.80. The minimum atomic E-state index is -3.49. The largest absolute Gasteiger partial charge is 0.373 e. The minimum absolute atomic E-state index is 0.0203. The number of aromatic nitrogens is 3. The Morgan fingerprint density at radius 3 is 2.67 bits per heavy atom. The van der Waals surface area contributed by atoms with Crippen molar-refractivity contribution in [1.82, 2.24) is 24.6 Å². The van der Waals surface area contributed by atoms with Gasteiger partial charge in [0.05, 0.1) is 23.0 Å². The fraction of sp³-hybridized carbons (Fsp3) is 0.321. The number of nitrogens with zero attached hydrogens (tertiary/aromatic N) is 4. The highest BCUT2D eigenvalue weighted by Crippen LogP contribution is 2.30. The molecule has 0 aliphatic carbocycles. The fourth-order valence-corrected chi connectivity index (χ4v) is 6.27. The number of carbonyl (C=O) groups excluding carboxylic acids is 1. The Kier molecular flexibility index (Phi) is 8.20. The summed E-state index contributed by atoms with van der Waals surface area (Å²) >= 11 is 0. The number of fused-ring (bicyclic) bond motifs is 1. The summed E-state index contributed by atoms with van der Waals surface area (Å²) in [6, 6.07) is 18.5. The first-order valence-corrected chi connectivity index (χ1v) is 14.4. The number of rotatable bonds is 10. The lowest BCUT2D eigenvalue weighted by Gasteiger charge is -2.31. The highest BCUT2D eigenvalue weighted by Gasteiger charge is 2.29. The molecule has 3 heterocycles. The van der Waals surface area contributed by atoms with Crippen molar-refractivity contribution in [2.24, 2.45) is 0 Å². The van der Waals surface area contributed by atoms with E-state index in [9.17, 15) is 13.2 Å². The van der Waals surface area contributed by atoms with Gasteiger partial charge in [0, 0.05) is 45.0 Å². The second kappa shape index (κ2) is 11.9. The van der Waals surface area contributed by atoms with E-state index in [4.69, 9.17) is 4.74 Å². The summed E-state index contributed by atoms with van der Waals surface area (Å²) < 4.78 is 33.6. The van der Waals surface area contributed by atoms with Crippen molar-refractivity contribution in [3.8, 4) is 0 Å². The predicted molar refractivity (Wildman–Crippen MR) is 149 cm³/mol. The van der Waals surface area contributed by atoms with Crippen LogP contribution in [-0.2, 0) is 26.2 Å². The van der Waals surface area contributed by atoms with Gasteiger partial charge in [0.1, 0.15) is 17.8 Å². The summed E-state index contributed by atoms with van der Waals surface area (Å²) in [5.74, 6) is 0.658. The molecule has 1 aliphatic rings. The quantitative estimate of drug-likeness (QED) is 0.311. The van der Waals surface area contributed by atoms with Crippen molar-refractivity contribution in [2.75, 3.05) is 31.1 Å². The standard InChI is InChI=1S/C28H32N6O4S/c1-21(35)29-14-17-34(28-26-10-13-30-27(26)31-20-32-28)23-7-5-6-22(18-23)19-38-24-11-15-33(16-12-24)39(36,37)25-8-3-2-4-9-25/h2-10,13,18,20,24H,11-12,14-17,19H2,1H3,(H,29,35)(H,30,31,32). The molecule has 0 radical (unpaired) electrons. The van der Waals surface area contributed by atoms with E-state index in [-0.39, 0.29) is 12.0 Å². The molecule has 1 amide bonds. The maximum Gasteiger partial charge on any atom is 0.243 e. The normalized spacial score (nSPS) is 14.9. The molecule has 2 aromatic carbocycles. The number of aromatic amines is 1. The SMILES string of the molecule is CC(=O)NCCN(c1cccc(COC2CCN(S(=O)(=O)c3ccccc3)CC2)c1)c1ncnc2[nH]ccc12. The predicted octanol–water partition coefficient (Wildman–Crippen LogP) is 3.60. The molecule has 11 heteroatoms. The molecule has 2 N–H and O–H groups in total. The van der Waals surface area contributed by atoms with Crippen molar-refractivity contribution in [1.29, 1.82) is 0 Å². The van der Waals surface area contributed by atoms with Crippen molar-refractivity contribution in [3.05, 3.63) is 78.8 Å². The van der Waals surface area contributed by atoms with Crippen LogP contribution < -0.4 is 10.2 Å². The Bertz CT molecular complexity index is 1520. The molecular weight excluding hydrogens is 516 g/mol. The number of hydrogen-bond acceptors (Lipinski definition) is 7. The number of benzene rings is 2. The van der Waals surface area contributed by atoms with Crippen molar-refractivity contribution >= 4 is 38.5 Å². The van der Waals surface area contributed by atoms with Gasteiger partial charge in [0.15, 0.2) is 0 Å². The number of carbonyl (C=O) groups is 1. The smallest absolute Gasteiger partial charge is 0.243 e. The molecule has 5 rings (SSSR count). The second-order valence-corrected chi connectivity index (χ2v) is 11.4. The molecule has 0 unspecified atom stereocenters. The van der Waals surface area contributed by atoms with Crippen LogP contribution in [0.4, 0.5) is 11.5 Å². The fourth-order valence-electron chi connectivity index (χ4n) is 4.78. The Labute approximate surface area is 228 Å². The Balaban J connectivity index is 1.25. The van der Waals surface area contributed by atoms with Gasteiger partial charge in [0.25, 0.3) is 0 Å². The highest BCUT2D eigenvalue weighted by molar-refractivity contribution is 7.89. The molecule has 1 saturated heterocycles. The number of amides is 1. The molecule has 2 aromatic heterocycles. The van der Waals surface area contributed by atoms with Crippen LogP contribution in [0.5, 0.6) is 0 Å². The number of ether oxygens (including phenoxy) is 1. The van der Waals surface area contributed by atoms with Gasteiger partial charge in [-0.15, -0.1) is 0 Å². The molecule has 0 atom stereocenters. The van der Waals surface area contributed by atoms with Gasteiger partial charge >= 0.3 is 0 Å². The molecule has 0 saturated carbocycles. The first kappa shape index (κ1) is 26.8. The minimum Gasteiger partial charge on any atom is -0.373 e. The monoisotopic (exact) mass is 548 g/mol. The van der Waals surface area contributed by atoms with Gasteiger partial charge in [-0.25, -0.2) is 18.4 Å². The zero-order chi connectivity index (χ0) is 27.2. The average molecular weight is 549 g/mol. The molecule has 1 aliphatic heterocycles. The summed E-state index contributed by atoms with van der Waals surface area (Å²) in [4.78, 5) is 25.8. The van der Waals surface area contributed by atoms with Crippen LogP contribution in [0.25, 0.3) is 11.0 Å². The summed E-state index contributed by atoms with van der Waals surface area (Å²) in [5.41, 5.74) is 2.66. The van der Waals surface area contributed by atoms with Crippen LogP contribution in [0.2, 0.25) is 0 Å². The van der Waals surface area contributed by atoms with E-state index >= 15 is 0 Å². The van der Waals surface area contributed by atoms with Crippen LogP contribution in [0.15, 0.2) is 78.1 Å². The number of hydrogen-bond donors (Lipinski definition) is 2. The van der Waals surface area contributed by atoms with E-state index in [1.165, 1.54) is 13.3 Å². The number of nitrogens with one attached hydrogen (secondary N) is 2. The first-order valence-electron chi connectivity index (χ1n) is 13.0. The van der Waals surface area contributed by atoms with E-state index in [0.717, 1.165) is 28.1 Å². The van der Waals surface area contributed by atoms with Crippen molar-refractivity contribution in [2.45, 2.75) is 37.4 Å². The molecule has 1 fully saturated rings. The van der Waals surface area contributed by atoms with Crippen molar-refractivity contribution in [3.63, 3.8) is 0 Å². The van der Waals surface area contributed by atoms with Crippen LogP contribution in [-0.4, -0.2) is 65.9 Å². The summed E-state index contributed by atoms with van der Waals surface area (Å²) in [6.07, 6.45) is 4.61. The summed E-state index contributed by atoms with van der Waals surface area (Å²) in [6.45, 7) is 3.75. The maximum absolute atomic E-state index is 12.9. The van der Waals surface area contributed by atoms with Gasteiger partial charge in [-0.1, -0.05) is 30.3 Å². The Morgan fingerprint density at radius 1 is 1.10 bits per heavy atom. The second-order valence-electron chi connectivity index (χ2n) is 9.47. The third-order valence-corrected chi connectivity index (χ3v) is 8.70. The summed E-state index contributed by atoms with van der Waals surface area (Å²) in [7, 11) is -3.49. The molecule has 0 bridgehead atoms. The molecule has 10 nitrogen and oxygen atoms in total. The van der Waals surface area contributed by atoms with Crippen molar-refractivity contribution < 1.29 is 17.9 Å². The van der Waals surface area contributed by atoms with Gasteiger partial charge < -0.3 is 19.9 Å². The number of piperidine rings is 1. The highest BCUT2D eigenvalue weighted by atomic mass is 32.2. The Morgan fingerprint density at radius 2 is 1.90 bits per heavy atom. The number of H-pyrrole nitrogens is 1. The average Bonchev–Trinajstić information content (AvgIpc) is 3.45. The molecular formula is C28H32N6O4S. The summed E-state index contributed by atoms with van der Waals surface area (Å²) in [5, 5.41) is 3.75. The van der Waals surface area contributed by atoms with E-state index < -0.39 is 10.0 Å². The van der Waals surface area contributed by atoms with E-state index in [2.05, 4.69) is 31.2 Å².